The number of aromatic nitrogens is 1. The fraction of sp³-hybridized carbons (Fsp3) is 0.389. The minimum atomic E-state index is -3.57. The van der Waals surface area contributed by atoms with Crippen LogP contribution in [0.2, 0.25) is 0 Å². The highest BCUT2D eigenvalue weighted by molar-refractivity contribution is 7.89. The van der Waals surface area contributed by atoms with Crippen molar-refractivity contribution in [2.45, 2.75) is 31.7 Å². The van der Waals surface area contributed by atoms with Crippen LogP contribution in [0.5, 0.6) is 5.75 Å². The predicted octanol–water partition coefficient (Wildman–Crippen LogP) is 2.35. The van der Waals surface area contributed by atoms with Gasteiger partial charge in [-0.2, -0.15) is 4.31 Å². The fourth-order valence-electron chi connectivity index (χ4n) is 2.49. The zero-order valence-corrected chi connectivity index (χ0v) is 15.4. The van der Waals surface area contributed by atoms with Crippen LogP contribution in [0.1, 0.15) is 20.3 Å². The second-order valence-electron chi connectivity index (χ2n) is 5.50. The van der Waals surface area contributed by atoms with Gasteiger partial charge in [-0.1, -0.05) is 32.0 Å². The topological polar surface area (TPSA) is 68.6 Å². The highest BCUT2D eigenvalue weighted by Crippen LogP contribution is 2.14. The van der Waals surface area contributed by atoms with Crippen LogP contribution < -0.4 is 10.3 Å². The number of hydrogen-bond acceptors (Lipinski definition) is 4. The van der Waals surface area contributed by atoms with Crippen molar-refractivity contribution in [2.24, 2.45) is 0 Å². The van der Waals surface area contributed by atoms with Crippen molar-refractivity contribution in [1.82, 2.24) is 8.87 Å². The molecule has 0 spiro atoms. The first-order valence-electron chi connectivity index (χ1n) is 8.37. The van der Waals surface area contributed by atoms with E-state index in [-0.39, 0.29) is 10.5 Å². The smallest absolute Gasteiger partial charge is 0.250 e. The molecule has 0 aliphatic heterocycles. The molecule has 1 aromatic carbocycles. The average molecular weight is 364 g/mol. The summed E-state index contributed by atoms with van der Waals surface area (Å²) < 4.78 is 33.5. The van der Waals surface area contributed by atoms with Gasteiger partial charge < -0.3 is 9.30 Å². The summed E-state index contributed by atoms with van der Waals surface area (Å²) in [6.45, 7) is 5.21. The molecule has 0 N–H and O–H groups in total. The lowest BCUT2D eigenvalue weighted by Gasteiger charge is -2.19. The zero-order valence-electron chi connectivity index (χ0n) is 14.6. The van der Waals surface area contributed by atoms with Crippen LogP contribution in [-0.4, -0.2) is 37.0 Å². The van der Waals surface area contributed by atoms with Gasteiger partial charge in [-0.3, -0.25) is 4.79 Å². The largest absolute Gasteiger partial charge is 0.494 e. The van der Waals surface area contributed by atoms with Gasteiger partial charge in [0, 0.05) is 31.9 Å². The molecule has 1 aromatic heterocycles. The molecule has 6 nitrogen and oxygen atoms in total. The van der Waals surface area contributed by atoms with Crippen molar-refractivity contribution in [3.05, 3.63) is 59.0 Å². The van der Waals surface area contributed by atoms with E-state index in [1.807, 2.05) is 30.3 Å². The van der Waals surface area contributed by atoms with Crippen LogP contribution in [0.4, 0.5) is 0 Å². The van der Waals surface area contributed by atoms with E-state index < -0.39 is 10.0 Å². The van der Waals surface area contributed by atoms with E-state index in [4.69, 9.17) is 4.74 Å². The van der Waals surface area contributed by atoms with Crippen LogP contribution in [0, 0.1) is 0 Å². The molecule has 0 aliphatic rings. The van der Waals surface area contributed by atoms with E-state index in [9.17, 15) is 13.2 Å². The van der Waals surface area contributed by atoms with Gasteiger partial charge in [0.05, 0.1) is 11.5 Å². The van der Waals surface area contributed by atoms with Gasteiger partial charge in [0.15, 0.2) is 0 Å². The van der Waals surface area contributed by atoms with E-state index in [0.717, 1.165) is 5.75 Å². The molecule has 0 saturated carbocycles. The van der Waals surface area contributed by atoms with E-state index in [1.54, 1.807) is 13.8 Å². The molecule has 2 rings (SSSR count). The maximum Gasteiger partial charge on any atom is 0.250 e. The highest BCUT2D eigenvalue weighted by Gasteiger charge is 2.22. The monoisotopic (exact) mass is 364 g/mol. The standard InChI is InChI=1S/C18H24N2O4S/c1-3-20(4-2)25(22,23)17-11-12-18(21)19(15-17)13-8-14-24-16-9-6-5-7-10-16/h5-7,9-12,15H,3-4,8,13-14H2,1-2H3. The third-order valence-electron chi connectivity index (χ3n) is 3.85. The number of nitrogens with zero attached hydrogens (tertiary/aromatic N) is 2. The Bertz CT molecular complexity index is 828. The SMILES string of the molecule is CCN(CC)S(=O)(=O)c1ccc(=O)n(CCCOc2ccccc2)c1. The molecule has 25 heavy (non-hydrogen) atoms. The van der Waals surface area contributed by atoms with Gasteiger partial charge in [-0.05, 0) is 24.6 Å². The quantitative estimate of drug-likeness (QED) is 0.641. The van der Waals surface area contributed by atoms with E-state index >= 15 is 0 Å². The summed E-state index contributed by atoms with van der Waals surface area (Å²) in [4.78, 5) is 12.1. The van der Waals surface area contributed by atoms with E-state index in [2.05, 4.69) is 0 Å². The molecular formula is C18H24N2O4S. The number of hydrogen-bond donors (Lipinski definition) is 0. The van der Waals surface area contributed by atoms with Gasteiger partial charge in [-0.15, -0.1) is 0 Å². The average Bonchev–Trinajstić information content (AvgIpc) is 2.61. The van der Waals surface area contributed by atoms with Gasteiger partial charge in [-0.25, -0.2) is 8.42 Å². The summed E-state index contributed by atoms with van der Waals surface area (Å²) in [6.07, 6.45) is 2.02. The molecule has 0 radical (unpaired) electrons. The maximum absolute atomic E-state index is 12.6. The van der Waals surface area contributed by atoms with Crippen molar-refractivity contribution in [3.63, 3.8) is 0 Å². The molecule has 1 heterocycles. The Morgan fingerprint density at radius 3 is 2.36 bits per heavy atom. The Morgan fingerprint density at radius 2 is 1.72 bits per heavy atom. The Hall–Kier alpha value is -2.12. The number of benzene rings is 1. The lowest BCUT2D eigenvalue weighted by atomic mass is 10.3. The molecule has 7 heteroatoms. The van der Waals surface area contributed by atoms with Crippen LogP contribution in [0.3, 0.4) is 0 Å². The van der Waals surface area contributed by atoms with Crippen molar-refractivity contribution >= 4 is 10.0 Å². The zero-order chi connectivity index (χ0) is 18.3. The maximum atomic E-state index is 12.6. The molecule has 0 bridgehead atoms. The Kier molecular flexibility index (Phi) is 6.78. The Morgan fingerprint density at radius 1 is 1.04 bits per heavy atom. The first-order chi connectivity index (χ1) is 12.0. The first-order valence-corrected chi connectivity index (χ1v) is 9.81. The van der Waals surface area contributed by atoms with Crippen LogP contribution >= 0.6 is 0 Å². The van der Waals surface area contributed by atoms with Crippen LogP contribution in [0.15, 0.2) is 58.4 Å². The summed E-state index contributed by atoms with van der Waals surface area (Å²) >= 11 is 0. The number of sulfonamides is 1. The van der Waals surface area contributed by atoms with Crippen LogP contribution in [0.25, 0.3) is 0 Å². The second kappa shape index (κ2) is 8.82. The number of pyridine rings is 1. The molecule has 2 aromatic rings. The third-order valence-corrected chi connectivity index (χ3v) is 5.89. The molecule has 0 saturated heterocycles. The number of para-hydroxylation sites is 1. The molecular weight excluding hydrogens is 340 g/mol. The molecule has 0 fully saturated rings. The summed E-state index contributed by atoms with van der Waals surface area (Å²) in [5.41, 5.74) is -0.224. The third kappa shape index (κ3) is 4.93. The van der Waals surface area contributed by atoms with Gasteiger partial charge in [0.25, 0.3) is 5.56 Å². The fourth-order valence-corrected chi connectivity index (χ4v) is 3.97. The molecule has 0 aliphatic carbocycles. The summed E-state index contributed by atoms with van der Waals surface area (Å²) in [5.74, 6) is 0.771. The number of rotatable bonds is 9. The van der Waals surface area contributed by atoms with Gasteiger partial charge in [0.1, 0.15) is 5.75 Å². The Balaban J connectivity index is 2.05. The van der Waals surface area contributed by atoms with Crippen molar-refractivity contribution in [3.8, 4) is 5.75 Å². The van der Waals surface area contributed by atoms with Gasteiger partial charge >= 0.3 is 0 Å². The minimum absolute atomic E-state index is 0.139. The van der Waals surface area contributed by atoms with Crippen LogP contribution in [-0.2, 0) is 16.6 Å². The number of ether oxygens (including phenoxy) is 1. The van der Waals surface area contributed by atoms with Gasteiger partial charge in [0.2, 0.25) is 10.0 Å². The minimum Gasteiger partial charge on any atom is -0.494 e. The lowest BCUT2D eigenvalue weighted by Crippen LogP contribution is -2.32. The summed E-state index contributed by atoms with van der Waals surface area (Å²) in [7, 11) is -3.57. The van der Waals surface area contributed by atoms with E-state index in [0.29, 0.717) is 32.7 Å². The normalized spacial score (nSPS) is 11.6. The molecule has 0 unspecified atom stereocenters. The highest BCUT2D eigenvalue weighted by atomic mass is 32.2. The summed E-state index contributed by atoms with van der Waals surface area (Å²) in [6, 6.07) is 12.1. The molecule has 136 valence electrons. The first kappa shape index (κ1) is 19.2. The molecule has 0 atom stereocenters. The van der Waals surface area contributed by atoms with Crippen molar-refractivity contribution < 1.29 is 13.2 Å². The molecule has 0 amide bonds. The predicted molar refractivity (Wildman–Crippen MR) is 97.4 cm³/mol. The number of aryl methyl sites for hydroxylation is 1. The second-order valence-corrected chi connectivity index (χ2v) is 7.44. The Labute approximate surface area is 148 Å². The van der Waals surface area contributed by atoms with E-state index in [1.165, 1.54) is 27.2 Å². The lowest BCUT2D eigenvalue weighted by molar-refractivity contribution is 0.300. The summed E-state index contributed by atoms with van der Waals surface area (Å²) in [5, 5.41) is 0. The van der Waals surface area contributed by atoms with Crippen molar-refractivity contribution in [2.75, 3.05) is 19.7 Å². The van der Waals surface area contributed by atoms with Crippen molar-refractivity contribution in [1.29, 1.82) is 0 Å².